The lowest BCUT2D eigenvalue weighted by atomic mass is 10.3. The first-order chi connectivity index (χ1) is 10.0. The van der Waals surface area contributed by atoms with Crippen LogP contribution in [0.5, 0.6) is 0 Å². The molecule has 0 aliphatic carbocycles. The Hall–Kier alpha value is -1.74. The molecule has 0 bridgehead atoms. The summed E-state index contributed by atoms with van der Waals surface area (Å²) in [6, 6.07) is 3.50. The second kappa shape index (κ2) is 6.81. The van der Waals surface area contributed by atoms with E-state index in [-0.39, 0.29) is 11.3 Å². The molecule has 0 aliphatic rings. The van der Waals surface area contributed by atoms with Crippen LogP contribution in [0.4, 0.5) is 11.8 Å². The van der Waals surface area contributed by atoms with Gasteiger partial charge in [-0.3, -0.25) is 0 Å². The van der Waals surface area contributed by atoms with E-state index in [0.29, 0.717) is 16.5 Å². The van der Waals surface area contributed by atoms with Gasteiger partial charge in [0.1, 0.15) is 12.4 Å². The molecule has 2 aromatic rings. The van der Waals surface area contributed by atoms with E-state index in [4.69, 9.17) is 11.6 Å². The summed E-state index contributed by atoms with van der Waals surface area (Å²) in [7, 11) is 0. The Morgan fingerprint density at radius 1 is 1.48 bits per heavy atom. The molecule has 112 valence electrons. The third kappa shape index (κ3) is 3.88. The molecule has 0 unspecified atom stereocenters. The molecular formula is C11H12BrClN6O2. The number of pyridine rings is 1. The average Bonchev–Trinajstić information content (AvgIpc) is 2.81. The van der Waals surface area contributed by atoms with E-state index in [1.54, 1.807) is 12.1 Å². The van der Waals surface area contributed by atoms with Gasteiger partial charge in [-0.05, 0) is 28.5 Å². The molecule has 0 saturated carbocycles. The molecule has 1 N–H and O–H groups in total. The minimum atomic E-state index is -0.657. The zero-order chi connectivity index (χ0) is 15.4. The molecule has 0 amide bonds. The van der Waals surface area contributed by atoms with E-state index in [1.165, 1.54) is 4.68 Å². The van der Waals surface area contributed by atoms with Crippen LogP contribution < -0.4 is 5.32 Å². The molecule has 2 rings (SSSR count). The van der Waals surface area contributed by atoms with Crippen molar-refractivity contribution in [3.8, 4) is 0 Å². The second-order valence-electron chi connectivity index (χ2n) is 4.15. The Balaban J connectivity index is 2.24. The van der Waals surface area contributed by atoms with Crippen molar-refractivity contribution in [3.63, 3.8) is 0 Å². The minimum Gasteiger partial charge on any atom is -0.390 e. The van der Waals surface area contributed by atoms with E-state index in [2.05, 4.69) is 43.2 Å². The smallest absolute Gasteiger partial charge is 0.390 e. The summed E-state index contributed by atoms with van der Waals surface area (Å²) in [5, 5.41) is 18.0. The summed E-state index contributed by atoms with van der Waals surface area (Å²) < 4.78 is 1.58. The number of nitro groups is 1. The van der Waals surface area contributed by atoms with Crippen LogP contribution in [-0.4, -0.2) is 31.2 Å². The van der Waals surface area contributed by atoms with Gasteiger partial charge in [0.05, 0.1) is 10.7 Å². The molecule has 8 nitrogen and oxygen atoms in total. The van der Waals surface area contributed by atoms with Crippen molar-refractivity contribution in [1.82, 2.24) is 19.7 Å². The van der Waals surface area contributed by atoms with Crippen LogP contribution in [0, 0.1) is 10.1 Å². The molecule has 2 heterocycles. The Labute approximate surface area is 133 Å². The second-order valence-corrected chi connectivity index (χ2v) is 5.26. The normalized spacial score (nSPS) is 10.6. The summed E-state index contributed by atoms with van der Waals surface area (Å²) >= 11 is 9.23. The SMILES string of the molecule is CCCNc1ccc(Cl)c(Cn2nc([N+](=O)[O-])nc2Br)n1. The molecule has 21 heavy (non-hydrogen) atoms. The van der Waals surface area contributed by atoms with Gasteiger partial charge < -0.3 is 15.4 Å². The van der Waals surface area contributed by atoms with Crippen LogP contribution >= 0.6 is 27.5 Å². The maximum Gasteiger partial charge on any atom is 0.492 e. The van der Waals surface area contributed by atoms with Crippen molar-refractivity contribution in [2.45, 2.75) is 19.9 Å². The van der Waals surface area contributed by atoms with Crippen molar-refractivity contribution in [2.75, 3.05) is 11.9 Å². The Bertz CT molecular complexity index is 662. The Morgan fingerprint density at radius 3 is 2.86 bits per heavy atom. The van der Waals surface area contributed by atoms with Gasteiger partial charge in [-0.25, -0.2) is 4.98 Å². The first kappa shape index (κ1) is 15.6. The van der Waals surface area contributed by atoms with Crippen LogP contribution in [0.15, 0.2) is 16.9 Å². The summed E-state index contributed by atoms with van der Waals surface area (Å²) in [5.74, 6) is 0.222. The van der Waals surface area contributed by atoms with Gasteiger partial charge in [-0.2, -0.15) is 4.68 Å². The number of nitrogens with zero attached hydrogens (tertiary/aromatic N) is 5. The van der Waals surface area contributed by atoms with E-state index >= 15 is 0 Å². The fourth-order valence-corrected chi connectivity index (χ4v) is 2.11. The third-order valence-electron chi connectivity index (χ3n) is 2.55. The highest BCUT2D eigenvalue weighted by Crippen LogP contribution is 2.20. The lowest BCUT2D eigenvalue weighted by Crippen LogP contribution is -2.08. The standard InChI is InChI=1S/C11H12BrClN6O2/c1-2-5-14-9-4-3-7(13)8(15-9)6-18-10(12)16-11(17-18)19(20)21/h3-4H,2,5-6H2,1H3,(H,14,15). The zero-order valence-corrected chi connectivity index (χ0v) is 13.4. The van der Waals surface area contributed by atoms with Gasteiger partial charge in [-0.15, -0.1) is 0 Å². The van der Waals surface area contributed by atoms with E-state index in [0.717, 1.165) is 13.0 Å². The number of nitrogens with one attached hydrogen (secondary N) is 1. The van der Waals surface area contributed by atoms with Crippen molar-refractivity contribution in [1.29, 1.82) is 0 Å². The van der Waals surface area contributed by atoms with Crippen LogP contribution in [0.2, 0.25) is 5.02 Å². The summed E-state index contributed by atoms with van der Waals surface area (Å²) in [6.45, 7) is 3.03. The maximum atomic E-state index is 10.7. The molecule has 0 radical (unpaired) electrons. The molecule has 0 aliphatic heterocycles. The van der Waals surface area contributed by atoms with E-state index < -0.39 is 10.9 Å². The topological polar surface area (TPSA) is 98.8 Å². The maximum absolute atomic E-state index is 10.7. The highest BCUT2D eigenvalue weighted by atomic mass is 79.9. The number of rotatable bonds is 6. The van der Waals surface area contributed by atoms with Gasteiger partial charge >= 0.3 is 5.95 Å². The molecule has 10 heteroatoms. The molecule has 0 spiro atoms. The largest absolute Gasteiger partial charge is 0.492 e. The fraction of sp³-hybridized carbons (Fsp3) is 0.364. The lowest BCUT2D eigenvalue weighted by Gasteiger charge is -2.07. The lowest BCUT2D eigenvalue weighted by molar-refractivity contribution is -0.394. The van der Waals surface area contributed by atoms with E-state index in [1.807, 2.05) is 0 Å². The number of hydrogen-bond donors (Lipinski definition) is 1. The number of aromatic nitrogens is 4. The predicted molar refractivity (Wildman–Crippen MR) is 81.5 cm³/mol. The fourth-order valence-electron chi connectivity index (χ4n) is 1.58. The van der Waals surface area contributed by atoms with Crippen molar-refractivity contribution >= 4 is 39.3 Å². The Kier molecular flexibility index (Phi) is 5.07. The predicted octanol–water partition coefficient (Wildman–Crippen LogP) is 2.87. The number of hydrogen-bond acceptors (Lipinski definition) is 6. The van der Waals surface area contributed by atoms with Crippen LogP contribution in [0.3, 0.4) is 0 Å². The van der Waals surface area contributed by atoms with Crippen LogP contribution in [0.1, 0.15) is 19.0 Å². The van der Waals surface area contributed by atoms with Gasteiger partial charge in [0.25, 0.3) is 4.73 Å². The highest BCUT2D eigenvalue weighted by Gasteiger charge is 2.20. The highest BCUT2D eigenvalue weighted by molar-refractivity contribution is 9.10. The van der Waals surface area contributed by atoms with Gasteiger partial charge in [0.2, 0.25) is 0 Å². The zero-order valence-electron chi connectivity index (χ0n) is 11.1. The number of halogens is 2. The van der Waals surface area contributed by atoms with E-state index in [9.17, 15) is 10.1 Å². The Morgan fingerprint density at radius 2 is 2.24 bits per heavy atom. The summed E-state index contributed by atoms with van der Waals surface area (Å²) in [6.07, 6.45) is 0.973. The van der Waals surface area contributed by atoms with Crippen molar-refractivity contribution < 1.29 is 4.92 Å². The van der Waals surface area contributed by atoms with Crippen molar-refractivity contribution in [3.05, 3.63) is 37.7 Å². The monoisotopic (exact) mass is 374 g/mol. The first-order valence-electron chi connectivity index (χ1n) is 6.15. The van der Waals surface area contributed by atoms with Gasteiger partial charge in [-0.1, -0.05) is 18.5 Å². The molecule has 2 aromatic heterocycles. The van der Waals surface area contributed by atoms with Crippen LogP contribution in [-0.2, 0) is 6.54 Å². The summed E-state index contributed by atoms with van der Waals surface area (Å²) in [5.41, 5.74) is 0.554. The average molecular weight is 376 g/mol. The van der Waals surface area contributed by atoms with Gasteiger partial charge in [0.15, 0.2) is 0 Å². The molecular weight excluding hydrogens is 364 g/mol. The first-order valence-corrected chi connectivity index (χ1v) is 7.32. The molecule has 0 saturated heterocycles. The van der Waals surface area contributed by atoms with Crippen LogP contribution in [0.25, 0.3) is 0 Å². The molecule has 0 aromatic carbocycles. The summed E-state index contributed by atoms with van der Waals surface area (Å²) in [4.78, 5) is 18.1. The van der Waals surface area contributed by atoms with Gasteiger partial charge in [0, 0.05) is 27.6 Å². The van der Waals surface area contributed by atoms with Crippen molar-refractivity contribution in [2.24, 2.45) is 0 Å². The molecule has 0 fully saturated rings. The quantitative estimate of drug-likeness (QED) is 0.615. The minimum absolute atomic E-state index is 0.182. The third-order valence-corrected chi connectivity index (χ3v) is 3.48. The molecule has 0 atom stereocenters. The number of anilines is 1.